The van der Waals surface area contributed by atoms with Crippen molar-refractivity contribution in [3.63, 3.8) is 0 Å². The molecular weight excluding hydrogens is 646 g/mol. The SMILES string of the molecule is CCOc1nc2cccc(C(=O)NCOC(=O)CCCC(O[N+](=O)[O-])O[N+](=O)[O-])c2n1Cc1ccc(-c2ccccc2-c2nn[nH]n2)cc1. The van der Waals surface area contributed by atoms with Gasteiger partial charge in [-0.1, -0.05) is 54.6 Å². The molecule has 2 N–H and O–H groups in total. The molecule has 0 saturated heterocycles. The molecule has 0 spiro atoms. The van der Waals surface area contributed by atoms with Gasteiger partial charge in [-0.3, -0.25) is 23.8 Å². The van der Waals surface area contributed by atoms with Crippen LogP contribution in [-0.4, -0.2) is 71.9 Å². The number of amides is 1. The summed E-state index contributed by atoms with van der Waals surface area (Å²) in [6, 6.07) is 20.9. The lowest BCUT2D eigenvalue weighted by atomic mass is 9.98. The molecule has 254 valence electrons. The van der Waals surface area contributed by atoms with Gasteiger partial charge in [0.25, 0.3) is 28.4 Å². The molecule has 19 heteroatoms. The zero-order chi connectivity index (χ0) is 34.8. The van der Waals surface area contributed by atoms with E-state index in [2.05, 4.69) is 40.6 Å². The number of para-hydroxylation sites is 1. The van der Waals surface area contributed by atoms with Crippen LogP contribution in [0.1, 0.15) is 42.1 Å². The van der Waals surface area contributed by atoms with E-state index in [-0.39, 0.29) is 24.8 Å². The molecule has 5 aromatic rings. The first-order valence-electron chi connectivity index (χ1n) is 14.8. The number of carbonyl (C=O) groups is 2. The van der Waals surface area contributed by atoms with Crippen molar-refractivity contribution in [2.75, 3.05) is 13.3 Å². The van der Waals surface area contributed by atoms with Crippen molar-refractivity contribution in [1.82, 2.24) is 35.5 Å². The van der Waals surface area contributed by atoms with E-state index in [0.717, 1.165) is 22.3 Å². The van der Waals surface area contributed by atoms with Crippen molar-refractivity contribution in [3.05, 3.63) is 98.1 Å². The molecule has 3 aromatic carbocycles. The van der Waals surface area contributed by atoms with Crippen molar-refractivity contribution >= 4 is 22.9 Å². The molecule has 0 unspecified atom stereocenters. The molecule has 0 aliphatic carbocycles. The Hall–Kier alpha value is -6.66. The maximum absolute atomic E-state index is 13.3. The van der Waals surface area contributed by atoms with Crippen LogP contribution in [0.4, 0.5) is 0 Å². The number of tetrazole rings is 1. The van der Waals surface area contributed by atoms with Gasteiger partial charge >= 0.3 is 5.97 Å². The third-order valence-electron chi connectivity index (χ3n) is 7.06. The quantitative estimate of drug-likeness (QED) is 0.0621. The molecule has 19 nitrogen and oxygen atoms in total. The molecular formula is C30H29N9O10. The third-order valence-corrected chi connectivity index (χ3v) is 7.06. The largest absolute Gasteiger partial charge is 0.465 e. The van der Waals surface area contributed by atoms with Crippen molar-refractivity contribution in [3.8, 4) is 28.5 Å². The first kappa shape index (κ1) is 33.7. The second-order valence-electron chi connectivity index (χ2n) is 10.2. The number of esters is 1. The van der Waals surface area contributed by atoms with E-state index in [1.807, 2.05) is 55.5 Å². The highest BCUT2D eigenvalue weighted by Gasteiger charge is 2.21. The number of hydrogen-bond acceptors (Lipinski definition) is 14. The molecule has 0 radical (unpaired) electrons. The molecule has 0 bridgehead atoms. The Labute approximate surface area is 276 Å². The van der Waals surface area contributed by atoms with E-state index in [4.69, 9.17) is 9.47 Å². The topological polar surface area (TPSA) is 242 Å². The number of benzene rings is 3. The van der Waals surface area contributed by atoms with Crippen LogP contribution in [0.2, 0.25) is 0 Å². The summed E-state index contributed by atoms with van der Waals surface area (Å²) in [5, 5.41) is 35.4. The van der Waals surface area contributed by atoms with Crippen LogP contribution in [0.25, 0.3) is 33.5 Å². The van der Waals surface area contributed by atoms with E-state index in [1.165, 1.54) is 0 Å². The predicted octanol–water partition coefficient (Wildman–Crippen LogP) is 3.47. The summed E-state index contributed by atoms with van der Waals surface area (Å²) < 4.78 is 12.7. The summed E-state index contributed by atoms with van der Waals surface area (Å²) in [6.45, 7) is 2.00. The number of rotatable bonds is 17. The minimum atomic E-state index is -1.79. The van der Waals surface area contributed by atoms with Crippen LogP contribution in [0.5, 0.6) is 6.01 Å². The maximum Gasteiger partial charge on any atom is 0.307 e. The number of fused-ring (bicyclic) bond motifs is 1. The summed E-state index contributed by atoms with van der Waals surface area (Å²) in [6.07, 6.45) is -2.46. The lowest BCUT2D eigenvalue weighted by Gasteiger charge is -2.13. The van der Waals surface area contributed by atoms with Crippen LogP contribution in [0, 0.1) is 20.2 Å². The van der Waals surface area contributed by atoms with Crippen LogP contribution in [0.15, 0.2) is 66.7 Å². The van der Waals surface area contributed by atoms with Gasteiger partial charge in [-0.05, 0) is 53.8 Å². The van der Waals surface area contributed by atoms with E-state index in [9.17, 15) is 29.8 Å². The Kier molecular flexibility index (Phi) is 10.8. The molecule has 0 atom stereocenters. The Bertz CT molecular complexity index is 1910. The van der Waals surface area contributed by atoms with E-state index < -0.39 is 35.1 Å². The number of ether oxygens (including phenoxy) is 2. The van der Waals surface area contributed by atoms with Gasteiger partial charge < -0.3 is 14.8 Å². The van der Waals surface area contributed by atoms with E-state index >= 15 is 0 Å². The van der Waals surface area contributed by atoms with Gasteiger partial charge in [-0.25, -0.2) is 0 Å². The summed E-state index contributed by atoms with van der Waals surface area (Å²) in [5.74, 6) is -0.827. The minimum Gasteiger partial charge on any atom is -0.465 e. The second kappa shape index (κ2) is 15.8. The Morgan fingerprint density at radius 2 is 1.71 bits per heavy atom. The monoisotopic (exact) mass is 675 g/mol. The zero-order valence-electron chi connectivity index (χ0n) is 25.9. The fourth-order valence-corrected chi connectivity index (χ4v) is 4.99. The number of hydrogen-bond donors (Lipinski definition) is 2. The number of nitrogens with one attached hydrogen (secondary N) is 2. The van der Waals surface area contributed by atoms with Gasteiger partial charge in [0.1, 0.15) is 0 Å². The number of imidazole rings is 1. The van der Waals surface area contributed by atoms with E-state index in [1.54, 1.807) is 22.8 Å². The molecule has 49 heavy (non-hydrogen) atoms. The van der Waals surface area contributed by atoms with Gasteiger partial charge in [0, 0.05) is 12.0 Å². The number of aromatic nitrogens is 6. The first-order valence-corrected chi connectivity index (χ1v) is 14.8. The molecule has 0 aliphatic heterocycles. The average molecular weight is 676 g/mol. The molecule has 0 fully saturated rings. The second-order valence-corrected chi connectivity index (χ2v) is 10.2. The van der Waals surface area contributed by atoms with Crippen LogP contribution in [-0.2, 0) is 25.8 Å². The number of carbonyl (C=O) groups excluding carboxylic acids is 2. The molecule has 2 heterocycles. The third kappa shape index (κ3) is 8.58. The average Bonchev–Trinajstić information content (AvgIpc) is 3.73. The summed E-state index contributed by atoms with van der Waals surface area (Å²) in [4.78, 5) is 59.1. The van der Waals surface area contributed by atoms with Crippen LogP contribution in [0.3, 0.4) is 0 Å². The molecule has 1 amide bonds. The zero-order valence-corrected chi connectivity index (χ0v) is 25.9. The van der Waals surface area contributed by atoms with Gasteiger partial charge in [-0.2, -0.15) is 10.2 Å². The molecule has 0 aliphatic rings. The Morgan fingerprint density at radius 1 is 0.980 bits per heavy atom. The summed E-state index contributed by atoms with van der Waals surface area (Å²) in [7, 11) is 0. The number of nitrogens with zero attached hydrogens (tertiary/aromatic N) is 7. The van der Waals surface area contributed by atoms with Gasteiger partial charge in [0.2, 0.25) is 5.82 Å². The lowest BCUT2D eigenvalue weighted by Crippen LogP contribution is -2.28. The maximum atomic E-state index is 13.3. The predicted molar refractivity (Wildman–Crippen MR) is 167 cm³/mol. The van der Waals surface area contributed by atoms with Crippen molar-refractivity contribution in [1.29, 1.82) is 0 Å². The highest BCUT2D eigenvalue weighted by Crippen LogP contribution is 2.31. The molecule has 2 aromatic heterocycles. The lowest BCUT2D eigenvalue weighted by molar-refractivity contribution is -0.851. The Balaban J connectivity index is 1.26. The molecule has 0 saturated carbocycles. The standard InChI is InChI=1S/C30H29N9O10/c1-2-46-30-32-24-10-5-9-23(29(41)31-18-47-25(40)11-6-12-26(48-38(42)43)49-39(44)45)27(24)37(30)17-19-13-15-20(16-14-19)21-7-3-4-8-22(21)28-33-35-36-34-28/h3-5,7-10,13-16,26H,2,6,11-12,17-18H2,1H3,(H,31,41)(H,33,34,35,36). The fraction of sp³-hybridized carbons (Fsp3) is 0.267. The van der Waals surface area contributed by atoms with Gasteiger partial charge in [-0.15, -0.1) is 30.4 Å². The molecule has 5 rings (SSSR count). The highest BCUT2D eigenvalue weighted by atomic mass is 17.0. The van der Waals surface area contributed by atoms with Crippen molar-refractivity contribution in [2.45, 2.75) is 39.0 Å². The summed E-state index contributed by atoms with van der Waals surface area (Å²) >= 11 is 0. The van der Waals surface area contributed by atoms with Crippen molar-refractivity contribution in [2.24, 2.45) is 0 Å². The highest BCUT2D eigenvalue weighted by molar-refractivity contribution is 6.05. The number of H-pyrrole nitrogens is 1. The number of aromatic amines is 1. The smallest absolute Gasteiger partial charge is 0.307 e. The van der Waals surface area contributed by atoms with Crippen molar-refractivity contribution < 1.29 is 38.9 Å². The van der Waals surface area contributed by atoms with E-state index in [0.29, 0.717) is 36.0 Å². The first-order chi connectivity index (χ1) is 23.7. The normalized spacial score (nSPS) is 10.9. The Morgan fingerprint density at radius 3 is 2.39 bits per heavy atom. The van der Waals surface area contributed by atoms with Gasteiger partial charge in [0.15, 0.2) is 6.73 Å². The van der Waals surface area contributed by atoms with Crippen LogP contribution < -0.4 is 10.1 Å². The van der Waals surface area contributed by atoms with Crippen LogP contribution >= 0.6 is 0 Å². The summed E-state index contributed by atoms with van der Waals surface area (Å²) in [5.41, 5.74) is 4.87. The fourth-order valence-electron chi connectivity index (χ4n) is 4.99. The van der Waals surface area contributed by atoms with Gasteiger partial charge in [0.05, 0.1) is 29.7 Å². The minimum absolute atomic E-state index is 0.0792.